The number of anilines is 1. The van der Waals surface area contributed by atoms with Crippen LogP contribution in [0.2, 0.25) is 0 Å². The Morgan fingerprint density at radius 1 is 0.750 bits per heavy atom. The molecule has 0 heterocycles. The molecule has 0 amide bonds. The van der Waals surface area contributed by atoms with Gasteiger partial charge < -0.3 is 19.5 Å². The van der Waals surface area contributed by atoms with Gasteiger partial charge in [-0.3, -0.25) is 0 Å². The molecule has 154 valence electrons. The maximum atomic E-state index is 5.83. The van der Waals surface area contributed by atoms with Crippen molar-refractivity contribution in [3.05, 3.63) is 54.1 Å². The van der Waals surface area contributed by atoms with Crippen molar-refractivity contribution in [1.82, 2.24) is 0 Å². The molecule has 0 unspecified atom stereocenters. The van der Waals surface area contributed by atoms with Crippen molar-refractivity contribution in [2.45, 2.75) is 52.5 Å². The predicted octanol–water partition coefficient (Wildman–Crippen LogP) is 6.06. The van der Waals surface area contributed by atoms with E-state index in [0.717, 1.165) is 36.8 Å². The van der Waals surface area contributed by atoms with Gasteiger partial charge in [0.25, 0.3) is 0 Å². The van der Waals surface area contributed by atoms with Gasteiger partial charge in [-0.1, -0.05) is 50.8 Å². The summed E-state index contributed by atoms with van der Waals surface area (Å²) < 4.78 is 16.8. The van der Waals surface area contributed by atoms with E-state index in [2.05, 4.69) is 36.5 Å². The fraction of sp³-hybridized carbons (Fsp3) is 0.500. The molecule has 0 saturated heterocycles. The quantitative estimate of drug-likeness (QED) is 0.378. The second-order valence-electron chi connectivity index (χ2n) is 6.83. The van der Waals surface area contributed by atoms with E-state index < -0.39 is 0 Å². The predicted molar refractivity (Wildman–Crippen MR) is 116 cm³/mol. The molecule has 4 nitrogen and oxygen atoms in total. The highest BCUT2D eigenvalue weighted by molar-refractivity contribution is 5.48. The van der Waals surface area contributed by atoms with Gasteiger partial charge in [0.05, 0.1) is 13.2 Å². The normalized spacial score (nSPS) is 10.6. The topological polar surface area (TPSA) is 39.7 Å². The molecule has 4 heteroatoms. The Balaban J connectivity index is 1.69. The number of hydrogen-bond acceptors (Lipinski definition) is 4. The highest BCUT2D eigenvalue weighted by atomic mass is 16.5. The van der Waals surface area contributed by atoms with E-state index in [1.165, 1.54) is 31.2 Å². The fourth-order valence-corrected chi connectivity index (χ4v) is 2.86. The van der Waals surface area contributed by atoms with E-state index >= 15 is 0 Å². The van der Waals surface area contributed by atoms with Gasteiger partial charge in [-0.05, 0) is 43.2 Å². The van der Waals surface area contributed by atoms with Crippen LogP contribution in [-0.4, -0.2) is 26.4 Å². The van der Waals surface area contributed by atoms with Crippen LogP contribution in [0.4, 0.5) is 5.69 Å². The third-order valence-corrected chi connectivity index (χ3v) is 4.47. The minimum Gasteiger partial charge on any atom is -0.494 e. The fourth-order valence-electron chi connectivity index (χ4n) is 2.86. The largest absolute Gasteiger partial charge is 0.494 e. The lowest BCUT2D eigenvalue weighted by molar-refractivity contribution is 0.110. The molecule has 0 aromatic heterocycles. The molecule has 0 aliphatic heterocycles. The first-order chi connectivity index (χ1) is 13.8. The van der Waals surface area contributed by atoms with E-state index in [4.69, 9.17) is 14.2 Å². The monoisotopic (exact) mass is 385 g/mol. The second-order valence-corrected chi connectivity index (χ2v) is 6.83. The summed E-state index contributed by atoms with van der Waals surface area (Å²) in [5.74, 6) is 1.80. The van der Waals surface area contributed by atoms with Crippen molar-refractivity contribution in [3.8, 4) is 11.5 Å². The number of rotatable bonds is 15. The van der Waals surface area contributed by atoms with E-state index in [1.54, 1.807) is 0 Å². The molecule has 0 spiro atoms. The van der Waals surface area contributed by atoms with Crippen LogP contribution in [0.15, 0.2) is 48.5 Å². The summed E-state index contributed by atoms with van der Waals surface area (Å²) in [5, 5.41) is 3.44. The highest BCUT2D eigenvalue weighted by Crippen LogP contribution is 2.19. The molecule has 2 rings (SSSR count). The highest BCUT2D eigenvalue weighted by Gasteiger charge is 2.00. The molecule has 2 aromatic rings. The molecule has 0 radical (unpaired) electrons. The Labute approximate surface area is 170 Å². The summed E-state index contributed by atoms with van der Waals surface area (Å²) in [6.07, 6.45) is 6.30. The zero-order chi connectivity index (χ0) is 19.9. The van der Waals surface area contributed by atoms with Crippen molar-refractivity contribution in [2.75, 3.05) is 31.7 Å². The third-order valence-electron chi connectivity index (χ3n) is 4.47. The van der Waals surface area contributed by atoms with Crippen molar-refractivity contribution in [1.29, 1.82) is 0 Å². The van der Waals surface area contributed by atoms with Gasteiger partial charge >= 0.3 is 0 Å². The standard InChI is InChI=1S/C24H35NO3/c1-3-5-6-7-8-16-27-23-14-12-21(13-15-23)20-25-22-10-9-11-24(19-22)28-18-17-26-4-2/h9-15,19,25H,3-8,16-18,20H2,1-2H3. The first-order valence-electron chi connectivity index (χ1n) is 10.6. The summed E-state index contributed by atoms with van der Waals surface area (Å²) in [6, 6.07) is 16.4. The first-order valence-corrected chi connectivity index (χ1v) is 10.6. The molecule has 0 bridgehead atoms. The Hall–Kier alpha value is -2.20. The molecule has 1 N–H and O–H groups in total. The minimum absolute atomic E-state index is 0.567. The average Bonchev–Trinajstić information content (AvgIpc) is 2.73. The lowest BCUT2D eigenvalue weighted by Crippen LogP contribution is -2.06. The minimum atomic E-state index is 0.567. The van der Waals surface area contributed by atoms with Gasteiger partial charge in [-0.2, -0.15) is 0 Å². The third kappa shape index (κ3) is 9.14. The van der Waals surface area contributed by atoms with E-state index in [1.807, 2.05) is 31.2 Å². The van der Waals surface area contributed by atoms with Gasteiger partial charge in [-0.25, -0.2) is 0 Å². The van der Waals surface area contributed by atoms with E-state index in [9.17, 15) is 0 Å². The van der Waals surface area contributed by atoms with Crippen molar-refractivity contribution in [3.63, 3.8) is 0 Å². The van der Waals surface area contributed by atoms with Crippen LogP contribution in [0.3, 0.4) is 0 Å². The number of benzene rings is 2. The summed E-state index contributed by atoms with van der Waals surface area (Å²) >= 11 is 0. The molecule has 2 aromatic carbocycles. The lowest BCUT2D eigenvalue weighted by Gasteiger charge is -2.11. The lowest BCUT2D eigenvalue weighted by atomic mass is 10.2. The Morgan fingerprint density at radius 3 is 2.32 bits per heavy atom. The van der Waals surface area contributed by atoms with Crippen LogP contribution >= 0.6 is 0 Å². The number of nitrogens with one attached hydrogen (secondary N) is 1. The molecular weight excluding hydrogens is 350 g/mol. The molecule has 0 saturated carbocycles. The Bertz CT molecular complexity index is 643. The van der Waals surface area contributed by atoms with Crippen molar-refractivity contribution >= 4 is 5.69 Å². The molecule has 0 atom stereocenters. The van der Waals surface area contributed by atoms with Gasteiger partial charge in [0.15, 0.2) is 0 Å². The molecule has 28 heavy (non-hydrogen) atoms. The van der Waals surface area contributed by atoms with Crippen LogP contribution in [0.1, 0.15) is 51.5 Å². The Morgan fingerprint density at radius 2 is 1.54 bits per heavy atom. The molecule has 0 aliphatic rings. The number of unbranched alkanes of at least 4 members (excludes halogenated alkanes) is 4. The summed E-state index contributed by atoms with van der Waals surface area (Å²) in [4.78, 5) is 0. The SMILES string of the molecule is CCCCCCCOc1ccc(CNc2cccc(OCCOCC)c2)cc1. The van der Waals surface area contributed by atoms with Gasteiger partial charge in [-0.15, -0.1) is 0 Å². The summed E-state index contributed by atoms with van der Waals surface area (Å²) in [5.41, 5.74) is 2.26. The average molecular weight is 386 g/mol. The first kappa shape index (κ1) is 22.1. The van der Waals surface area contributed by atoms with Crippen LogP contribution in [0.25, 0.3) is 0 Å². The number of ether oxygens (including phenoxy) is 3. The van der Waals surface area contributed by atoms with Crippen LogP contribution in [0, 0.1) is 0 Å². The van der Waals surface area contributed by atoms with Gasteiger partial charge in [0, 0.05) is 24.9 Å². The zero-order valence-electron chi connectivity index (χ0n) is 17.4. The van der Waals surface area contributed by atoms with Crippen molar-refractivity contribution in [2.24, 2.45) is 0 Å². The van der Waals surface area contributed by atoms with Crippen LogP contribution in [-0.2, 0) is 11.3 Å². The molecular formula is C24H35NO3. The van der Waals surface area contributed by atoms with Crippen molar-refractivity contribution < 1.29 is 14.2 Å². The maximum absolute atomic E-state index is 5.83. The zero-order valence-corrected chi connectivity index (χ0v) is 17.4. The summed E-state index contributed by atoms with van der Waals surface area (Å²) in [7, 11) is 0. The maximum Gasteiger partial charge on any atom is 0.121 e. The molecule has 0 fully saturated rings. The number of hydrogen-bond donors (Lipinski definition) is 1. The van der Waals surface area contributed by atoms with E-state index in [-0.39, 0.29) is 0 Å². The Kier molecular flexibility index (Phi) is 11.0. The smallest absolute Gasteiger partial charge is 0.121 e. The summed E-state index contributed by atoms with van der Waals surface area (Å²) in [6.45, 7) is 7.68. The van der Waals surface area contributed by atoms with Crippen LogP contribution in [0.5, 0.6) is 11.5 Å². The van der Waals surface area contributed by atoms with E-state index in [0.29, 0.717) is 19.8 Å². The second kappa shape index (κ2) is 13.9. The molecule has 0 aliphatic carbocycles. The van der Waals surface area contributed by atoms with Gasteiger partial charge in [0.1, 0.15) is 18.1 Å². The van der Waals surface area contributed by atoms with Crippen LogP contribution < -0.4 is 14.8 Å². The van der Waals surface area contributed by atoms with Gasteiger partial charge in [0.2, 0.25) is 0 Å².